The molecule has 2 aromatic rings. The van der Waals surface area contributed by atoms with Crippen molar-refractivity contribution in [2.24, 2.45) is 5.73 Å². The van der Waals surface area contributed by atoms with Crippen LogP contribution in [0.4, 0.5) is 0 Å². The number of hydrogen-bond acceptors (Lipinski definition) is 1. The van der Waals surface area contributed by atoms with Gasteiger partial charge in [0.05, 0.1) is 0 Å². The fourth-order valence-corrected chi connectivity index (χ4v) is 1.99. The van der Waals surface area contributed by atoms with E-state index in [4.69, 9.17) is 5.73 Å². The van der Waals surface area contributed by atoms with E-state index in [-0.39, 0.29) is 0 Å². The first kappa shape index (κ1) is 8.06. The lowest BCUT2D eigenvalue weighted by molar-refractivity contribution is 1.02. The minimum absolute atomic E-state index is 0.591. The van der Waals surface area contributed by atoms with Crippen LogP contribution >= 0.6 is 0 Å². The number of rotatable bonds is 2. The quantitative estimate of drug-likeness (QED) is 0.743. The van der Waals surface area contributed by atoms with Gasteiger partial charge in [0.15, 0.2) is 0 Å². The Morgan fingerprint density at radius 3 is 2.86 bits per heavy atom. The summed E-state index contributed by atoms with van der Waals surface area (Å²) in [6, 6.07) is 8.85. The monoisotopic (exact) mass is 186 g/mol. The Hall–Kier alpha value is -1.28. The van der Waals surface area contributed by atoms with E-state index in [0.717, 1.165) is 11.6 Å². The number of H-pyrrole nitrogens is 1. The van der Waals surface area contributed by atoms with Gasteiger partial charge in [0.25, 0.3) is 0 Å². The van der Waals surface area contributed by atoms with Crippen LogP contribution in [0.5, 0.6) is 0 Å². The Morgan fingerprint density at radius 1 is 1.29 bits per heavy atom. The first-order valence-corrected chi connectivity index (χ1v) is 5.18. The average molecular weight is 186 g/mol. The number of aromatic amines is 1. The second-order valence-electron chi connectivity index (χ2n) is 4.12. The van der Waals surface area contributed by atoms with Crippen LogP contribution < -0.4 is 5.73 Å². The predicted molar refractivity (Wildman–Crippen MR) is 58.2 cm³/mol. The van der Waals surface area contributed by atoms with Gasteiger partial charge in [-0.1, -0.05) is 6.07 Å². The maximum absolute atomic E-state index is 5.59. The number of nitrogens with one attached hydrogen (secondary N) is 1. The van der Waals surface area contributed by atoms with E-state index in [2.05, 4.69) is 29.2 Å². The molecule has 3 rings (SSSR count). The Bertz CT molecular complexity index is 466. The Balaban J connectivity index is 2.12. The summed E-state index contributed by atoms with van der Waals surface area (Å²) in [4.78, 5) is 3.31. The molecule has 1 saturated carbocycles. The Labute approximate surface area is 83.1 Å². The van der Waals surface area contributed by atoms with E-state index in [1.807, 2.05) is 0 Å². The van der Waals surface area contributed by atoms with E-state index < -0.39 is 0 Å². The number of hydrogen-bond donors (Lipinski definition) is 2. The van der Waals surface area contributed by atoms with E-state index in [0.29, 0.717) is 6.54 Å². The molecule has 3 N–H and O–H groups in total. The second kappa shape index (κ2) is 2.85. The fraction of sp³-hybridized carbons (Fsp3) is 0.333. The SMILES string of the molecule is NCc1cc2cc(C3CC3)ccc2[nH]1. The zero-order valence-electron chi connectivity index (χ0n) is 8.09. The highest BCUT2D eigenvalue weighted by atomic mass is 14.7. The van der Waals surface area contributed by atoms with Crippen LogP contribution in [-0.2, 0) is 6.54 Å². The highest BCUT2D eigenvalue weighted by molar-refractivity contribution is 5.81. The molecule has 0 radical (unpaired) electrons. The number of benzene rings is 1. The van der Waals surface area contributed by atoms with Gasteiger partial charge in [-0.05, 0) is 47.9 Å². The van der Waals surface area contributed by atoms with E-state index in [1.54, 1.807) is 0 Å². The average Bonchev–Trinajstić information content (AvgIpc) is 2.97. The molecule has 0 amide bonds. The summed E-state index contributed by atoms with van der Waals surface area (Å²) < 4.78 is 0. The lowest BCUT2D eigenvalue weighted by Crippen LogP contribution is -1.94. The molecule has 0 saturated heterocycles. The van der Waals surface area contributed by atoms with Gasteiger partial charge in [0.1, 0.15) is 0 Å². The molecule has 1 heterocycles. The van der Waals surface area contributed by atoms with Crippen molar-refractivity contribution in [2.75, 3.05) is 0 Å². The lowest BCUT2D eigenvalue weighted by atomic mass is 10.1. The van der Waals surface area contributed by atoms with Gasteiger partial charge in [0.2, 0.25) is 0 Å². The number of fused-ring (bicyclic) bond motifs is 1. The van der Waals surface area contributed by atoms with E-state index in [1.165, 1.54) is 29.3 Å². The van der Waals surface area contributed by atoms with Gasteiger partial charge < -0.3 is 10.7 Å². The van der Waals surface area contributed by atoms with Crippen molar-refractivity contribution in [1.82, 2.24) is 4.98 Å². The summed E-state index contributed by atoms with van der Waals surface area (Å²) in [6.07, 6.45) is 2.72. The Kier molecular flexibility index (Phi) is 1.64. The topological polar surface area (TPSA) is 41.8 Å². The zero-order valence-corrected chi connectivity index (χ0v) is 8.09. The molecule has 0 bridgehead atoms. The molecule has 72 valence electrons. The van der Waals surface area contributed by atoms with Gasteiger partial charge in [-0.2, -0.15) is 0 Å². The van der Waals surface area contributed by atoms with Crippen molar-refractivity contribution < 1.29 is 0 Å². The summed E-state index contributed by atoms with van der Waals surface area (Å²) >= 11 is 0. The van der Waals surface area contributed by atoms with Crippen LogP contribution in [-0.4, -0.2) is 4.98 Å². The first-order chi connectivity index (χ1) is 6.86. The van der Waals surface area contributed by atoms with Crippen molar-refractivity contribution in [3.63, 3.8) is 0 Å². The molecule has 0 spiro atoms. The molecular weight excluding hydrogens is 172 g/mol. The molecule has 1 aliphatic rings. The lowest BCUT2D eigenvalue weighted by Gasteiger charge is -1.96. The summed E-state index contributed by atoms with van der Waals surface area (Å²) in [7, 11) is 0. The highest BCUT2D eigenvalue weighted by Crippen LogP contribution is 2.40. The maximum Gasteiger partial charge on any atom is 0.0456 e. The molecule has 0 aliphatic heterocycles. The number of aromatic nitrogens is 1. The van der Waals surface area contributed by atoms with Gasteiger partial charge in [-0.25, -0.2) is 0 Å². The van der Waals surface area contributed by atoms with E-state index >= 15 is 0 Å². The standard InChI is InChI=1S/C12H14N2/c13-7-11-6-10-5-9(8-1-2-8)3-4-12(10)14-11/h3-6,8,14H,1-2,7,13H2. The molecule has 14 heavy (non-hydrogen) atoms. The van der Waals surface area contributed by atoms with Crippen molar-refractivity contribution in [2.45, 2.75) is 25.3 Å². The first-order valence-electron chi connectivity index (χ1n) is 5.18. The Morgan fingerprint density at radius 2 is 2.14 bits per heavy atom. The number of nitrogens with two attached hydrogens (primary N) is 1. The molecule has 1 aromatic carbocycles. The molecule has 0 atom stereocenters. The summed E-state index contributed by atoms with van der Waals surface area (Å²) in [5, 5.41) is 1.30. The largest absolute Gasteiger partial charge is 0.357 e. The van der Waals surface area contributed by atoms with Crippen molar-refractivity contribution in [3.05, 3.63) is 35.5 Å². The molecule has 2 nitrogen and oxygen atoms in total. The predicted octanol–water partition coefficient (Wildman–Crippen LogP) is 2.50. The highest BCUT2D eigenvalue weighted by Gasteiger charge is 2.23. The van der Waals surface area contributed by atoms with E-state index in [9.17, 15) is 0 Å². The van der Waals surface area contributed by atoms with Crippen molar-refractivity contribution in [3.8, 4) is 0 Å². The summed E-state index contributed by atoms with van der Waals surface area (Å²) in [5.74, 6) is 0.829. The summed E-state index contributed by atoms with van der Waals surface area (Å²) in [6.45, 7) is 0.591. The van der Waals surface area contributed by atoms with Crippen LogP contribution in [0.1, 0.15) is 30.0 Å². The van der Waals surface area contributed by atoms with Crippen molar-refractivity contribution in [1.29, 1.82) is 0 Å². The van der Waals surface area contributed by atoms with Crippen LogP contribution in [0.2, 0.25) is 0 Å². The zero-order chi connectivity index (χ0) is 9.54. The second-order valence-corrected chi connectivity index (χ2v) is 4.12. The molecular formula is C12H14N2. The molecule has 0 unspecified atom stereocenters. The van der Waals surface area contributed by atoms with Gasteiger partial charge in [-0.3, -0.25) is 0 Å². The minimum atomic E-state index is 0.591. The minimum Gasteiger partial charge on any atom is -0.357 e. The van der Waals surface area contributed by atoms with Crippen LogP contribution in [0.15, 0.2) is 24.3 Å². The van der Waals surface area contributed by atoms with Gasteiger partial charge in [-0.15, -0.1) is 0 Å². The van der Waals surface area contributed by atoms with Crippen molar-refractivity contribution >= 4 is 10.9 Å². The smallest absolute Gasteiger partial charge is 0.0456 e. The van der Waals surface area contributed by atoms with Gasteiger partial charge in [0, 0.05) is 17.8 Å². The molecule has 2 heteroatoms. The maximum atomic E-state index is 5.59. The van der Waals surface area contributed by atoms with Gasteiger partial charge >= 0.3 is 0 Å². The third-order valence-corrected chi connectivity index (χ3v) is 2.97. The fourth-order valence-electron chi connectivity index (χ4n) is 1.99. The van der Waals surface area contributed by atoms with Crippen LogP contribution in [0.25, 0.3) is 10.9 Å². The molecule has 1 fully saturated rings. The summed E-state index contributed by atoms with van der Waals surface area (Å²) in [5.41, 5.74) is 9.40. The third kappa shape index (κ3) is 1.23. The van der Waals surface area contributed by atoms with Crippen LogP contribution in [0.3, 0.4) is 0 Å². The molecule has 1 aromatic heterocycles. The molecule has 1 aliphatic carbocycles. The normalized spacial score (nSPS) is 16.4. The van der Waals surface area contributed by atoms with Crippen LogP contribution in [0, 0.1) is 0 Å². The third-order valence-electron chi connectivity index (χ3n) is 2.97.